The summed E-state index contributed by atoms with van der Waals surface area (Å²) < 4.78 is 0.938. The van der Waals surface area contributed by atoms with Gasteiger partial charge < -0.3 is 5.32 Å². The van der Waals surface area contributed by atoms with Gasteiger partial charge in [0.05, 0.1) is 0 Å². The van der Waals surface area contributed by atoms with Crippen molar-refractivity contribution in [3.8, 4) is 0 Å². The lowest BCUT2D eigenvalue weighted by molar-refractivity contribution is 0.874. The molecule has 3 rings (SSSR count). The third-order valence-corrected chi connectivity index (χ3v) is 3.56. The van der Waals surface area contributed by atoms with Crippen LogP contribution in [0.25, 0.3) is 0 Å². The van der Waals surface area contributed by atoms with Crippen LogP contribution in [-0.4, -0.2) is 15.2 Å². The van der Waals surface area contributed by atoms with Crippen LogP contribution in [0.4, 0.5) is 11.6 Å². The van der Waals surface area contributed by atoms with Gasteiger partial charge in [-0.1, -0.05) is 52.3 Å². The van der Waals surface area contributed by atoms with Gasteiger partial charge in [0.25, 0.3) is 5.56 Å². The van der Waals surface area contributed by atoms with Crippen LogP contribution in [0.3, 0.4) is 0 Å². The lowest BCUT2D eigenvalue weighted by Crippen LogP contribution is -2.18. The highest BCUT2D eigenvalue weighted by atomic mass is 79.9. The van der Waals surface area contributed by atoms with E-state index >= 15 is 0 Å². The van der Waals surface area contributed by atoms with Crippen molar-refractivity contribution in [1.29, 1.82) is 0 Å². The first-order chi connectivity index (χ1) is 10.7. The number of aromatic amines is 1. The first-order valence-electron chi connectivity index (χ1n) is 6.73. The molecule has 0 saturated heterocycles. The van der Waals surface area contributed by atoms with E-state index in [1.165, 1.54) is 0 Å². The minimum atomic E-state index is -0.239. The molecule has 1 aromatic heterocycles. The van der Waals surface area contributed by atoms with Crippen molar-refractivity contribution in [3.63, 3.8) is 0 Å². The second-order valence-corrected chi connectivity index (χ2v) is 5.66. The molecule has 5 nitrogen and oxygen atoms in total. The van der Waals surface area contributed by atoms with E-state index in [1.54, 1.807) is 0 Å². The molecule has 2 N–H and O–H groups in total. The molecule has 22 heavy (non-hydrogen) atoms. The Morgan fingerprint density at radius 1 is 1.05 bits per heavy atom. The fraction of sp³-hybridized carbons (Fsp3) is 0.0625. The maximum absolute atomic E-state index is 12.1. The van der Waals surface area contributed by atoms with Gasteiger partial charge in [-0.3, -0.25) is 9.78 Å². The summed E-state index contributed by atoms with van der Waals surface area (Å²) in [6, 6.07) is 17.3. The highest BCUT2D eigenvalue weighted by Crippen LogP contribution is 2.17. The molecule has 0 fully saturated rings. The van der Waals surface area contributed by atoms with Gasteiger partial charge in [-0.05, 0) is 23.8 Å². The third kappa shape index (κ3) is 3.59. The molecule has 0 atom stereocenters. The Labute approximate surface area is 135 Å². The topological polar surface area (TPSA) is 70.7 Å². The van der Waals surface area contributed by atoms with Crippen LogP contribution in [0.2, 0.25) is 0 Å². The number of hydrogen-bond donors (Lipinski definition) is 2. The number of hydrogen-bond acceptors (Lipinski definition) is 4. The van der Waals surface area contributed by atoms with Crippen molar-refractivity contribution < 1.29 is 0 Å². The minimum absolute atomic E-state index is 0.239. The van der Waals surface area contributed by atoms with E-state index in [0.717, 1.165) is 15.7 Å². The van der Waals surface area contributed by atoms with Gasteiger partial charge in [-0.2, -0.15) is 0 Å². The number of H-pyrrole nitrogens is 1. The van der Waals surface area contributed by atoms with Crippen molar-refractivity contribution in [2.75, 3.05) is 5.32 Å². The van der Waals surface area contributed by atoms with Crippen LogP contribution < -0.4 is 10.9 Å². The monoisotopic (exact) mass is 356 g/mol. The van der Waals surface area contributed by atoms with Gasteiger partial charge in [0, 0.05) is 16.6 Å². The smallest absolute Gasteiger partial charge is 0.274 e. The Morgan fingerprint density at radius 2 is 1.86 bits per heavy atom. The lowest BCUT2D eigenvalue weighted by Gasteiger charge is -2.06. The van der Waals surface area contributed by atoms with Crippen LogP contribution in [0.5, 0.6) is 0 Å². The maximum atomic E-state index is 12.1. The second-order valence-electron chi connectivity index (χ2n) is 4.75. The number of anilines is 2. The number of rotatable bonds is 4. The Morgan fingerprint density at radius 3 is 2.59 bits per heavy atom. The number of aromatic nitrogens is 3. The van der Waals surface area contributed by atoms with Gasteiger partial charge in [-0.15, -0.1) is 10.2 Å². The van der Waals surface area contributed by atoms with Gasteiger partial charge in [-0.25, -0.2) is 0 Å². The molecule has 0 aliphatic heterocycles. The second kappa shape index (κ2) is 6.53. The molecule has 0 saturated carbocycles. The Kier molecular flexibility index (Phi) is 4.29. The summed E-state index contributed by atoms with van der Waals surface area (Å²) in [6.07, 6.45) is 0.459. The quantitative estimate of drug-likeness (QED) is 0.752. The molecule has 0 aliphatic carbocycles. The van der Waals surface area contributed by atoms with E-state index in [4.69, 9.17) is 0 Å². The molecule has 0 aliphatic rings. The van der Waals surface area contributed by atoms with Gasteiger partial charge in [0.1, 0.15) is 5.69 Å². The fourth-order valence-electron chi connectivity index (χ4n) is 2.02. The summed E-state index contributed by atoms with van der Waals surface area (Å²) in [5.41, 5.74) is 1.99. The number of nitrogens with zero attached hydrogens (tertiary/aromatic N) is 2. The molecule has 0 radical (unpaired) electrons. The Bertz CT molecular complexity index is 833. The van der Waals surface area contributed by atoms with E-state index < -0.39 is 0 Å². The predicted molar refractivity (Wildman–Crippen MR) is 89.3 cm³/mol. The first kappa shape index (κ1) is 14.5. The van der Waals surface area contributed by atoms with E-state index in [9.17, 15) is 4.79 Å². The van der Waals surface area contributed by atoms with Crippen molar-refractivity contribution in [2.24, 2.45) is 0 Å². The average Bonchev–Trinajstić information content (AvgIpc) is 2.51. The molecule has 6 heteroatoms. The van der Waals surface area contributed by atoms with Crippen LogP contribution >= 0.6 is 15.9 Å². The molecule has 0 bridgehead atoms. The van der Waals surface area contributed by atoms with E-state index in [2.05, 4.69) is 36.4 Å². The van der Waals surface area contributed by atoms with Crippen LogP contribution in [0.1, 0.15) is 11.3 Å². The number of nitrogens with one attached hydrogen (secondary N) is 2. The molecular formula is C16H13BrN4O. The normalized spacial score (nSPS) is 10.4. The summed E-state index contributed by atoms with van der Waals surface area (Å²) >= 11 is 3.39. The van der Waals surface area contributed by atoms with E-state index in [0.29, 0.717) is 18.1 Å². The summed E-state index contributed by atoms with van der Waals surface area (Å²) in [6.45, 7) is 0. The number of benzene rings is 2. The summed E-state index contributed by atoms with van der Waals surface area (Å²) in [7, 11) is 0. The zero-order valence-corrected chi connectivity index (χ0v) is 13.2. The largest absolute Gasteiger partial charge is 0.324 e. The van der Waals surface area contributed by atoms with Gasteiger partial charge in [0.15, 0.2) is 0 Å². The first-order valence-corrected chi connectivity index (χ1v) is 7.52. The third-order valence-electron chi connectivity index (χ3n) is 3.07. The SMILES string of the molecule is O=c1[nH]c(Nc2cccc(Br)c2)nnc1Cc1ccccc1. The van der Waals surface area contributed by atoms with E-state index in [-0.39, 0.29) is 5.56 Å². The highest BCUT2D eigenvalue weighted by Gasteiger charge is 2.06. The summed E-state index contributed by atoms with van der Waals surface area (Å²) in [5, 5.41) is 11.1. The van der Waals surface area contributed by atoms with Crippen LogP contribution in [0.15, 0.2) is 63.9 Å². The van der Waals surface area contributed by atoms with Crippen LogP contribution in [-0.2, 0) is 6.42 Å². The zero-order chi connectivity index (χ0) is 15.4. The molecule has 3 aromatic rings. The molecule has 0 amide bonds. The zero-order valence-electron chi connectivity index (χ0n) is 11.6. The van der Waals surface area contributed by atoms with E-state index in [1.807, 2.05) is 54.6 Å². The Balaban J connectivity index is 1.79. The van der Waals surface area contributed by atoms with Crippen LogP contribution in [0, 0.1) is 0 Å². The number of halogens is 1. The molecule has 0 unspecified atom stereocenters. The molecular weight excluding hydrogens is 344 g/mol. The average molecular weight is 357 g/mol. The van der Waals surface area contributed by atoms with Crippen molar-refractivity contribution in [1.82, 2.24) is 15.2 Å². The molecule has 2 aromatic carbocycles. The summed E-state index contributed by atoms with van der Waals surface area (Å²) in [5.74, 6) is 0.319. The summed E-state index contributed by atoms with van der Waals surface area (Å²) in [4.78, 5) is 14.8. The van der Waals surface area contributed by atoms with Crippen molar-refractivity contribution in [3.05, 3.63) is 80.7 Å². The fourth-order valence-corrected chi connectivity index (χ4v) is 2.42. The lowest BCUT2D eigenvalue weighted by atomic mass is 10.1. The molecule has 0 spiro atoms. The van der Waals surface area contributed by atoms with Gasteiger partial charge >= 0.3 is 0 Å². The van der Waals surface area contributed by atoms with Crippen molar-refractivity contribution >= 4 is 27.6 Å². The molecule has 1 heterocycles. The van der Waals surface area contributed by atoms with Gasteiger partial charge in [0.2, 0.25) is 5.95 Å². The van der Waals surface area contributed by atoms with Crippen molar-refractivity contribution in [2.45, 2.75) is 6.42 Å². The minimum Gasteiger partial charge on any atom is -0.324 e. The maximum Gasteiger partial charge on any atom is 0.274 e. The highest BCUT2D eigenvalue weighted by molar-refractivity contribution is 9.10. The predicted octanol–water partition coefficient (Wildman–Crippen LogP) is 3.26. The molecule has 110 valence electrons. The Hall–Kier alpha value is -2.47. The standard InChI is InChI=1S/C16H13BrN4O/c17-12-7-4-8-13(10-12)18-16-19-15(22)14(20-21-16)9-11-5-2-1-3-6-11/h1-8,10H,9H2,(H2,18,19,21,22).